The first-order chi connectivity index (χ1) is 31.4. The van der Waals surface area contributed by atoms with Crippen LogP contribution < -0.4 is 10.7 Å². The Labute approximate surface area is 370 Å². The molecule has 0 atom stereocenters. The molecule has 0 saturated heterocycles. The van der Waals surface area contributed by atoms with Crippen LogP contribution in [0.15, 0.2) is 70.1 Å². The Morgan fingerprint density at radius 2 is 0.901 bits per heavy atom. The number of carboxylic acid groups (broad SMARTS) is 1. The lowest BCUT2D eigenvalue weighted by molar-refractivity contribution is -0.451. The van der Waals surface area contributed by atoms with Crippen LogP contribution in [0.4, 0.5) is 137 Å². The largest absolute Gasteiger partial charge is 0.478 e. The van der Waals surface area contributed by atoms with Gasteiger partial charge >= 0.3 is 89.4 Å². The molecule has 2 aromatic rings. The van der Waals surface area contributed by atoms with Crippen LogP contribution in [-0.2, 0) is 0 Å². The summed E-state index contributed by atoms with van der Waals surface area (Å²) in [6.07, 6.45) is -15.8. The van der Waals surface area contributed by atoms with Gasteiger partial charge in [0.05, 0.1) is 17.5 Å². The summed E-state index contributed by atoms with van der Waals surface area (Å²) < 4.78 is 416. The topological polar surface area (TPSA) is 74.8 Å². The Balaban J connectivity index is 1.85. The van der Waals surface area contributed by atoms with Crippen molar-refractivity contribution < 1.29 is 146 Å². The smallest absolute Gasteiger partial charge is 0.460 e. The lowest BCUT2D eigenvalue weighted by Gasteiger charge is -2.41. The molecule has 1 aliphatic carbocycles. The van der Waals surface area contributed by atoms with Crippen LogP contribution in [0.3, 0.4) is 0 Å². The van der Waals surface area contributed by atoms with Gasteiger partial charge in [-0.05, 0) is 35.9 Å². The molecule has 398 valence electrons. The fourth-order valence-corrected chi connectivity index (χ4v) is 5.88. The first-order valence-electron chi connectivity index (χ1n) is 17.7. The molecule has 0 fully saturated rings. The second kappa shape index (κ2) is 16.9. The van der Waals surface area contributed by atoms with Crippen molar-refractivity contribution in [3.05, 3.63) is 71.6 Å². The number of hydrogen-bond acceptors (Lipinski definition) is 4. The summed E-state index contributed by atoms with van der Waals surface area (Å²) in [6, 6.07) is 6.56. The molecule has 4 rings (SSSR count). The van der Waals surface area contributed by atoms with Gasteiger partial charge in [0.15, 0.2) is 0 Å². The van der Waals surface area contributed by atoms with Crippen LogP contribution in [-0.4, -0.2) is 108 Å². The van der Waals surface area contributed by atoms with Crippen LogP contribution >= 0.6 is 0 Å². The van der Waals surface area contributed by atoms with Crippen LogP contribution in [0, 0.1) is 0 Å². The van der Waals surface area contributed by atoms with E-state index in [0.717, 1.165) is 29.6 Å². The van der Waals surface area contributed by atoms with E-state index in [-0.39, 0.29) is 12.1 Å². The molecule has 2 aromatic carbocycles. The van der Waals surface area contributed by atoms with Gasteiger partial charge in [-0.15, -0.1) is 0 Å². The third kappa shape index (κ3) is 8.50. The summed E-state index contributed by atoms with van der Waals surface area (Å²) in [5.74, 6) is -101. The highest BCUT2D eigenvalue weighted by Gasteiger charge is 2.94. The van der Waals surface area contributed by atoms with Crippen molar-refractivity contribution >= 4 is 22.6 Å². The first kappa shape index (κ1) is 57.9. The zero-order valence-electron chi connectivity index (χ0n) is 32.7. The molecule has 0 radical (unpaired) electrons. The average molecular weight is 1090 g/mol. The SMILES string of the molecule is O=C(O)c1ccccc1-c1c2ccc(=NCC(F)(F)C(F)(F)C(F)(F)C(F)(F)C(F)(F)C(F)(F)C(F)(F)F)cc-2oc2cc(NCC(F)(F)C(F)(F)C(F)(F)C(F)(F)C(F)(F)C(F)(F)C(F)(F)F)ccc12. The Morgan fingerprint density at radius 3 is 1.35 bits per heavy atom. The Morgan fingerprint density at radius 1 is 0.479 bits per heavy atom. The maximum absolute atomic E-state index is 14.6. The minimum absolute atomic E-state index is 0.232. The lowest BCUT2D eigenvalue weighted by Crippen LogP contribution is -2.73. The molecule has 0 aromatic heterocycles. The molecule has 0 amide bonds. The van der Waals surface area contributed by atoms with Gasteiger partial charge in [0.2, 0.25) is 0 Å². The highest BCUT2D eigenvalue weighted by atomic mass is 19.4. The molecule has 0 spiro atoms. The van der Waals surface area contributed by atoms with Gasteiger partial charge in [-0.1, -0.05) is 18.2 Å². The lowest BCUT2D eigenvalue weighted by atomic mass is 9.90. The number of anilines is 1. The molecule has 0 unspecified atom stereocenters. The standard InChI is InChI=1S/C36H16F30N2O3/c37-23(38,25(41,42)27(45,46)29(49,50)31(53,54)33(57,58)35(61,62)63)11-67-13-5-7-17-19(9-13)71-20-10-14(6-8-18(20)21(17)15-3-1-2-4-16(15)22(69)70)68-12-24(39,40)26(43,44)28(47,48)30(51,52)32(55,56)34(59,60)36(64,65)66/h1-10,67H,11-12H2,(H,69,70). The monoisotopic (exact) mass is 1090 g/mol. The van der Waals surface area contributed by atoms with Crippen LogP contribution in [0.1, 0.15) is 10.4 Å². The number of hydrogen-bond donors (Lipinski definition) is 2. The maximum Gasteiger partial charge on any atom is 0.460 e. The molecule has 1 aliphatic heterocycles. The molecule has 2 aliphatic rings. The predicted molar refractivity (Wildman–Crippen MR) is 176 cm³/mol. The van der Waals surface area contributed by atoms with E-state index in [1.807, 2.05) is 0 Å². The third-order valence-corrected chi connectivity index (χ3v) is 9.89. The van der Waals surface area contributed by atoms with Gasteiger partial charge in [0.1, 0.15) is 17.9 Å². The molecule has 0 bridgehead atoms. The number of nitrogens with one attached hydrogen (secondary N) is 1. The summed E-state index contributed by atoms with van der Waals surface area (Å²) in [5.41, 5.74) is -4.30. The van der Waals surface area contributed by atoms with Crippen molar-refractivity contribution in [3.8, 4) is 22.5 Å². The summed E-state index contributed by atoms with van der Waals surface area (Å²) >= 11 is 0. The van der Waals surface area contributed by atoms with Crippen LogP contribution in [0.2, 0.25) is 0 Å². The van der Waals surface area contributed by atoms with Crippen molar-refractivity contribution in [3.63, 3.8) is 0 Å². The van der Waals surface area contributed by atoms with Crippen molar-refractivity contribution in [2.45, 2.75) is 83.4 Å². The Bertz CT molecular complexity index is 2680. The number of alkyl halides is 30. The quantitative estimate of drug-likeness (QED) is 0.0816. The number of fused-ring (bicyclic) bond motifs is 2. The van der Waals surface area contributed by atoms with Gasteiger partial charge in [0, 0.05) is 34.3 Å². The van der Waals surface area contributed by atoms with Crippen molar-refractivity contribution in [2.75, 3.05) is 18.4 Å². The number of benzene rings is 3. The van der Waals surface area contributed by atoms with Crippen molar-refractivity contribution in [1.29, 1.82) is 0 Å². The summed E-state index contributed by atoms with van der Waals surface area (Å²) in [5, 5.41) is 9.10. The summed E-state index contributed by atoms with van der Waals surface area (Å²) in [7, 11) is 0. The molecule has 2 N–H and O–H groups in total. The van der Waals surface area contributed by atoms with Gasteiger partial charge in [0.25, 0.3) is 0 Å². The first-order valence-corrected chi connectivity index (χ1v) is 17.7. The van der Waals surface area contributed by atoms with E-state index in [4.69, 9.17) is 4.42 Å². The van der Waals surface area contributed by atoms with Crippen molar-refractivity contribution in [1.82, 2.24) is 0 Å². The number of carbonyl (C=O) groups is 1. The number of carboxylic acids is 1. The molecule has 71 heavy (non-hydrogen) atoms. The normalized spacial score (nSPS) is 15.5. The fourth-order valence-electron chi connectivity index (χ4n) is 5.88. The van der Waals surface area contributed by atoms with E-state index in [9.17, 15) is 142 Å². The number of rotatable bonds is 17. The summed E-state index contributed by atoms with van der Waals surface area (Å²) in [6.45, 7) is -6.46. The minimum atomic E-state index is -8.65. The number of nitrogens with zero attached hydrogens (tertiary/aromatic N) is 1. The van der Waals surface area contributed by atoms with E-state index in [2.05, 4.69) is 4.99 Å². The van der Waals surface area contributed by atoms with Crippen LogP contribution in [0.25, 0.3) is 33.4 Å². The minimum Gasteiger partial charge on any atom is -0.478 e. The molecule has 1 heterocycles. The molecule has 35 heteroatoms. The van der Waals surface area contributed by atoms with E-state index in [1.165, 1.54) is 0 Å². The molecular weight excluding hydrogens is 1080 g/mol. The highest BCUT2D eigenvalue weighted by molar-refractivity contribution is 6.07. The number of halogens is 30. The zero-order chi connectivity index (χ0) is 55.4. The van der Waals surface area contributed by atoms with E-state index >= 15 is 0 Å². The highest BCUT2D eigenvalue weighted by Crippen LogP contribution is 2.64. The van der Waals surface area contributed by atoms with E-state index in [1.54, 1.807) is 0 Å². The second-order valence-electron chi connectivity index (χ2n) is 14.5. The van der Waals surface area contributed by atoms with Gasteiger partial charge in [-0.3, -0.25) is 4.99 Å². The summed E-state index contributed by atoms with van der Waals surface area (Å²) in [4.78, 5) is 14.7. The fraction of sp³-hybridized carbons (Fsp3) is 0.444. The third-order valence-electron chi connectivity index (χ3n) is 9.89. The predicted octanol–water partition coefficient (Wildman–Crippen LogP) is 14.0. The van der Waals surface area contributed by atoms with E-state index < -0.39 is 153 Å². The average Bonchev–Trinajstić information content (AvgIpc) is 3.22. The van der Waals surface area contributed by atoms with Crippen molar-refractivity contribution in [2.24, 2.45) is 4.99 Å². The van der Waals surface area contributed by atoms with Crippen LogP contribution in [0.5, 0.6) is 0 Å². The van der Waals surface area contributed by atoms with E-state index in [0.29, 0.717) is 24.3 Å². The number of aromatic carboxylic acids is 1. The molecule has 5 nitrogen and oxygen atoms in total. The second-order valence-corrected chi connectivity index (χ2v) is 14.5. The molecule has 0 saturated carbocycles. The Hall–Kier alpha value is -5.70. The van der Waals surface area contributed by atoms with Gasteiger partial charge < -0.3 is 14.8 Å². The Kier molecular flexibility index (Phi) is 13.8. The zero-order valence-corrected chi connectivity index (χ0v) is 32.7. The van der Waals surface area contributed by atoms with Gasteiger partial charge in [-0.2, -0.15) is 132 Å². The maximum atomic E-state index is 14.6. The molecular formula is C36H16F30N2O3. The van der Waals surface area contributed by atoms with Gasteiger partial charge in [-0.25, -0.2) is 4.79 Å².